The van der Waals surface area contributed by atoms with E-state index in [1.807, 2.05) is 30.3 Å². The smallest absolute Gasteiger partial charge is 0.269 e. The van der Waals surface area contributed by atoms with Gasteiger partial charge < -0.3 is 15.4 Å². The largest absolute Gasteiger partial charge is 0.497 e. The average Bonchev–Trinajstić information content (AvgIpc) is 2.74. The van der Waals surface area contributed by atoms with Gasteiger partial charge in [0.1, 0.15) is 11.4 Å². The van der Waals surface area contributed by atoms with E-state index in [0.717, 1.165) is 29.1 Å². The number of benzene rings is 2. The first-order valence-electron chi connectivity index (χ1n) is 9.79. The van der Waals surface area contributed by atoms with Gasteiger partial charge in [-0.1, -0.05) is 38.1 Å². The zero-order valence-corrected chi connectivity index (χ0v) is 17.1. The molecule has 0 spiro atoms. The van der Waals surface area contributed by atoms with Gasteiger partial charge in [0.15, 0.2) is 0 Å². The molecule has 0 radical (unpaired) electrons. The predicted molar refractivity (Wildman–Crippen MR) is 117 cm³/mol. The predicted octanol–water partition coefficient (Wildman–Crippen LogP) is 4.93. The SMILES string of the molecule is COc1cccc(CCNC(=O)c2ccc(Nc3ccc(C(C)C)cc3)cn2)c1. The Morgan fingerprint density at radius 1 is 1.03 bits per heavy atom. The Morgan fingerprint density at radius 2 is 1.79 bits per heavy atom. The average molecular weight is 389 g/mol. The summed E-state index contributed by atoms with van der Waals surface area (Å²) in [5.74, 6) is 1.14. The molecule has 0 aliphatic carbocycles. The summed E-state index contributed by atoms with van der Waals surface area (Å²) in [5, 5.41) is 6.21. The Kier molecular flexibility index (Phi) is 6.85. The molecule has 29 heavy (non-hydrogen) atoms. The molecule has 5 nitrogen and oxygen atoms in total. The molecule has 0 unspecified atom stereocenters. The second-order valence-corrected chi connectivity index (χ2v) is 7.19. The monoisotopic (exact) mass is 389 g/mol. The molecule has 2 aromatic carbocycles. The number of ether oxygens (including phenoxy) is 1. The zero-order valence-electron chi connectivity index (χ0n) is 17.1. The summed E-state index contributed by atoms with van der Waals surface area (Å²) in [6, 6.07) is 19.8. The number of aromatic nitrogens is 1. The number of pyridine rings is 1. The van der Waals surface area contributed by atoms with Crippen LogP contribution in [0.5, 0.6) is 5.75 Å². The first-order valence-corrected chi connectivity index (χ1v) is 9.79. The summed E-state index contributed by atoms with van der Waals surface area (Å²) < 4.78 is 5.22. The lowest BCUT2D eigenvalue weighted by Gasteiger charge is -2.10. The molecular formula is C24H27N3O2. The van der Waals surface area contributed by atoms with Gasteiger partial charge in [0.25, 0.3) is 5.91 Å². The second-order valence-electron chi connectivity index (χ2n) is 7.19. The van der Waals surface area contributed by atoms with E-state index in [9.17, 15) is 4.79 Å². The van der Waals surface area contributed by atoms with Crippen LogP contribution in [0.1, 0.15) is 41.4 Å². The zero-order chi connectivity index (χ0) is 20.6. The number of hydrogen-bond acceptors (Lipinski definition) is 4. The third kappa shape index (κ3) is 5.82. The lowest BCUT2D eigenvalue weighted by molar-refractivity contribution is 0.0949. The van der Waals surface area contributed by atoms with Crippen molar-refractivity contribution in [2.75, 3.05) is 19.0 Å². The molecule has 0 aliphatic rings. The van der Waals surface area contributed by atoms with E-state index in [4.69, 9.17) is 4.74 Å². The Balaban J connectivity index is 1.51. The molecular weight excluding hydrogens is 362 g/mol. The highest BCUT2D eigenvalue weighted by Gasteiger charge is 2.07. The molecule has 0 aliphatic heterocycles. The van der Waals surface area contributed by atoms with Crippen molar-refractivity contribution in [3.8, 4) is 5.75 Å². The lowest BCUT2D eigenvalue weighted by atomic mass is 10.0. The van der Waals surface area contributed by atoms with E-state index in [1.165, 1.54) is 5.56 Å². The van der Waals surface area contributed by atoms with Crippen molar-refractivity contribution in [1.29, 1.82) is 0 Å². The van der Waals surface area contributed by atoms with E-state index >= 15 is 0 Å². The maximum absolute atomic E-state index is 12.3. The van der Waals surface area contributed by atoms with Gasteiger partial charge in [0.05, 0.1) is 19.0 Å². The van der Waals surface area contributed by atoms with Gasteiger partial charge in [-0.15, -0.1) is 0 Å². The number of nitrogens with one attached hydrogen (secondary N) is 2. The van der Waals surface area contributed by atoms with Crippen LogP contribution in [0.2, 0.25) is 0 Å². The minimum Gasteiger partial charge on any atom is -0.497 e. The van der Waals surface area contributed by atoms with Gasteiger partial charge in [-0.2, -0.15) is 0 Å². The van der Waals surface area contributed by atoms with Crippen molar-refractivity contribution >= 4 is 17.3 Å². The summed E-state index contributed by atoms with van der Waals surface area (Å²) in [6.07, 6.45) is 2.41. The van der Waals surface area contributed by atoms with Crippen LogP contribution in [0.4, 0.5) is 11.4 Å². The Hall–Kier alpha value is -3.34. The summed E-state index contributed by atoms with van der Waals surface area (Å²) in [4.78, 5) is 16.6. The molecule has 1 aromatic heterocycles. The molecule has 5 heteroatoms. The first-order chi connectivity index (χ1) is 14.0. The van der Waals surface area contributed by atoms with E-state index < -0.39 is 0 Å². The minimum absolute atomic E-state index is 0.180. The Morgan fingerprint density at radius 3 is 2.45 bits per heavy atom. The molecule has 0 fully saturated rings. The van der Waals surface area contributed by atoms with Crippen molar-refractivity contribution < 1.29 is 9.53 Å². The number of carbonyl (C=O) groups excluding carboxylic acids is 1. The van der Waals surface area contributed by atoms with Gasteiger partial charge in [0.2, 0.25) is 0 Å². The molecule has 0 atom stereocenters. The topological polar surface area (TPSA) is 63.2 Å². The van der Waals surface area contributed by atoms with Crippen LogP contribution < -0.4 is 15.4 Å². The van der Waals surface area contributed by atoms with Crippen molar-refractivity contribution in [3.05, 3.63) is 83.7 Å². The first kappa shape index (κ1) is 20.4. The normalized spacial score (nSPS) is 10.6. The van der Waals surface area contributed by atoms with Crippen LogP contribution >= 0.6 is 0 Å². The molecule has 2 N–H and O–H groups in total. The van der Waals surface area contributed by atoms with Gasteiger partial charge in [-0.25, -0.2) is 4.98 Å². The molecule has 1 heterocycles. The molecule has 0 saturated heterocycles. The van der Waals surface area contributed by atoms with E-state index in [0.29, 0.717) is 18.2 Å². The van der Waals surface area contributed by atoms with Crippen LogP contribution in [0.15, 0.2) is 66.9 Å². The molecule has 3 rings (SSSR count). The number of anilines is 2. The van der Waals surface area contributed by atoms with Crippen molar-refractivity contribution in [2.45, 2.75) is 26.2 Å². The minimum atomic E-state index is -0.180. The molecule has 0 saturated carbocycles. The highest BCUT2D eigenvalue weighted by Crippen LogP contribution is 2.20. The summed E-state index contributed by atoms with van der Waals surface area (Å²) in [6.45, 7) is 4.88. The number of carbonyl (C=O) groups is 1. The van der Waals surface area contributed by atoms with Gasteiger partial charge in [-0.05, 0) is 59.9 Å². The van der Waals surface area contributed by atoms with Gasteiger partial charge in [0, 0.05) is 12.2 Å². The molecule has 3 aromatic rings. The molecule has 0 bridgehead atoms. The maximum atomic E-state index is 12.3. The standard InChI is InChI=1S/C24H27N3O2/c1-17(2)19-7-9-20(10-8-19)27-21-11-12-23(26-16-21)24(28)25-14-13-18-5-4-6-22(15-18)29-3/h4-12,15-17,27H,13-14H2,1-3H3,(H,25,28). The highest BCUT2D eigenvalue weighted by atomic mass is 16.5. The highest BCUT2D eigenvalue weighted by molar-refractivity contribution is 5.92. The lowest BCUT2D eigenvalue weighted by Crippen LogP contribution is -2.26. The fourth-order valence-electron chi connectivity index (χ4n) is 2.96. The van der Waals surface area contributed by atoms with Crippen LogP contribution in [0.3, 0.4) is 0 Å². The van der Waals surface area contributed by atoms with Crippen molar-refractivity contribution in [3.63, 3.8) is 0 Å². The van der Waals surface area contributed by atoms with E-state index in [1.54, 1.807) is 19.4 Å². The summed E-state index contributed by atoms with van der Waals surface area (Å²) in [5.41, 5.74) is 4.65. The fraction of sp³-hybridized carbons (Fsp3) is 0.250. The van der Waals surface area contributed by atoms with Crippen LogP contribution in [-0.4, -0.2) is 24.5 Å². The number of methoxy groups -OCH3 is 1. The summed E-state index contributed by atoms with van der Waals surface area (Å²) in [7, 11) is 1.64. The van der Waals surface area contributed by atoms with Crippen LogP contribution in [0, 0.1) is 0 Å². The third-order valence-corrected chi connectivity index (χ3v) is 4.70. The van der Waals surface area contributed by atoms with Gasteiger partial charge >= 0.3 is 0 Å². The van der Waals surface area contributed by atoms with E-state index in [2.05, 4.69) is 53.7 Å². The summed E-state index contributed by atoms with van der Waals surface area (Å²) >= 11 is 0. The second kappa shape index (κ2) is 9.73. The van der Waals surface area contributed by atoms with Gasteiger partial charge in [-0.3, -0.25) is 4.79 Å². The number of nitrogens with zero attached hydrogens (tertiary/aromatic N) is 1. The van der Waals surface area contributed by atoms with E-state index in [-0.39, 0.29) is 5.91 Å². The third-order valence-electron chi connectivity index (χ3n) is 4.70. The molecule has 1 amide bonds. The quantitative estimate of drug-likeness (QED) is 0.573. The number of amides is 1. The van der Waals surface area contributed by atoms with Crippen molar-refractivity contribution in [1.82, 2.24) is 10.3 Å². The number of rotatable bonds is 8. The molecule has 150 valence electrons. The maximum Gasteiger partial charge on any atom is 0.269 e. The van der Waals surface area contributed by atoms with Crippen LogP contribution in [-0.2, 0) is 6.42 Å². The van der Waals surface area contributed by atoms with Crippen LogP contribution in [0.25, 0.3) is 0 Å². The van der Waals surface area contributed by atoms with Crippen molar-refractivity contribution in [2.24, 2.45) is 0 Å². The Bertz CT molecular complexity index is 935. The fourth-order valence-corrected chi connectivity index (χ4v) is 2.96. The number of hydrogen-bond donors (Lipinski definition) is 2. The Labute approximate surface area is 172 Å².